The summed E-state index contributed by atoms with van der Waals surface area (Å²) in [5.41, 5.74) is -2.55. The van der Waals surface area contributed by atoms with Crippen molar-refractivity contribution in [2.24, 2.45) is 0 Å². The summed E-state index contributed by atoms with van der Waals surface area (Å²) in [6.07, 6.45) is -0.821. The van der Waals surface area contributed by atoms with Gasteiger partial charge in [0.25, 0.3) is 8.32 Å². The molecule has 0 aromatic heterocycles. The normalized spacial score (nSPS) is 12.8. The van der Waals surface area contributed by atoms with E-state index >= 15 is 8.78 Å². The summed E-state index contributed by atoms with van der Waals surface area (Å²) in [7, 11) is -7.97. The van der Waals surface area contributed by atoms with Crippen LogP contribution in [-0.4, -0.2) is 20.6 Å². The minimum Gasteiger partial charge on any atom is -0.407 e. The predicted octanol–water partition coefficient (Wildman–Crippen LogP) is 8.17. The van der Waals surface area contributed by atoms with Crippen molar-refractivity contribution >= 4 is 26.3 Å². The van der Waals surface area contributed by atoms with Crippen LogP contribution in [0.3, 0.4) is 0 Å². The van der Waals surface area contributed by atoms with Crippen LogP contribution in [0.15, 0.2) is 121 Å². The zero-order valence-electron chi connectivity index (χ0n) is 23.7. The smallest absolute Gasteiger partial charge is 0.400 e. The molecule has 0 unspecified atom stereocenters. The Bertz CT molecular complexity index is 1310. The van der Waals surface area contributed by atoms with Gasteiger partial charge >= 0.3 is 13.3 Å². The van der Waals surface area contributed by atoms with E-state index < -0.39 is 28.0 Å². The van der Waals surface area contributed by atoms with Gasteiger partial charge in [-0.25, -0.2) is 0 Å². The number of alkyl halides is 2. The van der Waals surface area contributed by atoms with Gasteiger partial charge in [-0.2, -0.15) is 8.78 Å². The van der Waals surface area contributed by atoms with Gasteiger partial charge in [0.2, 0.25) is 0 Å². The molecular weight excluding hydrogens is 557 g/mol. The third-order valence-corrected chi connectivity index (χ3v) is 14.0. The maximum absolute atomic E-state index is 16.0. The van der Waals surface area contributed by atoms with E-state index in [9.17, 15) is 4.57 Å². The highest BCUT2D eigenvalue weighted by Crippen LogP contribution is 2.64. The molecule has 0 heterocycles. The molecule has 4 rings (SSSR count). The van der Waals surface area contributed by atoms with Crippen LogP contribution in [0.5, 0.6) is 0 Å². The fourth-order valence-electron chi connectivity index (χ4n) is 4.92. The van der Waals surface area contributed by atoms with Gasteiger partial charge in [-0.05, 0) is 26.5 Å². The first-order valence-corrected chi connectivity index (χ1v) is 17.1. The fraction of sp³-hybridized carbons (Fsp3) is 0.273. The largest absolute Gasteiger partial charge is 0.407 e. The number of rotatable bonds is 13. The standard InChI is InChI=1S/C33H37F2O4PSi/c1-32(2,3)41(30-20-12-6-13-21-30,31-22-14-7-15-23-31)39-25-24-33(34,35)40(36,37-26-28-16-8-4-9-17-28)38-27-29-18-10-5-11-19-29/h4-23H,24-27H2,1-3H3. The Labute approximate surface area is 243 Å². The van der Waals surface area contributed by atoms with Crippen molar-refractivity contribution < 1.29 is 26.8 Å². The Morgan fingerprint density at radius 3 is 1.37 bits per heavy atom. The molecule has 0 atom stereocenters. The molecule has 0 N–H and O–H groups in total. The summed E-state index contributed by atoms with van der Waals surface area (Å²) in [4.78, 5) is 0. The molecule has 0 aliphatic carbocycles. The predicted molar refractivity (Wildman–Crippen MR) is 163 cm³/mol. The molecule has 0 aliphatic heterocycles. The van der Waals surface area contributed by atoms with Crippen LogP contribution in [-0.2, 0) is 31.3 Å². The second kappa shape index (κ2) is 13.4. The number of hydrogen-bond donors (Lipinski definition) is 0. The Kier molecular flexibility index (Phi) is 10.1. The van der Waals surface area contributed by atoms with Crippen molar-refractivity contribution in [2.45, 2.75) is 51.1 Å². The lowest BCUT2D eigenvalue weighted by Crippen LogP contribution is -2.66. The minimum atomic E-state index is -4.92. The summed E-state index contributed by atoms with van der Waals surface area (Å²) in [6, 6.07) is 37.2. The molecule has 216 valence electrons. The van der Waals surface area contributed by atoms with Crippen LogP contribution in [0.2, 0.25) is 5.04 Å². The van der Waals surface area contributed by atoms with Crippen molar-refractivity contribution in [3.8, 4) is 0 Å². The topological polar surface area (TPSA) is 44.8 Å². The highest BCUT2D eigenvalue weighted by molar-refractivity contribution is 7.55. The molecule has 4 aromatic carbocycles. The SMILES string of the molecule is CC(C)(C)[Si](OCCC(F)(F)P(=O)(OCc1ccccc1)OCc1ccccc1)(c1ccccc1)c1ccccc1. The van der Waals surface area contributed by atoms with E-state index in [0.717, 1.165) is 10.4 Å². The van der Waals surface area contributed by atoms with Crippen molar-refractivity contribution in [1.82, 2.24) is 0 Å². The molecule has 0 amide bonds. The van der Waals surface area contributed by atoms with Gasteiger partial charge in [-0.15, -0.1) is 0 Å². The summed E-state index contributed by atoms with van der Waals surface area (Å²) >= 11 is 0. The van der Waals surface area contributed by atoms with Gasteiger partial charge in [-0.1, -0.05) is 142 Å². The van der Waals surface area contributed by atoms with Crippen LogP contribution < -0.4 is 10.4 Å². The van der Waals surface area contributed by atoms with Crippen LogP contribution in [0.4, 0.5) is 8.78 Å². The lowest BCUT2D eigenvalue weighted by atomic mass is 10.2. The van der Waals surface area contributed by atoms with E-state index in [1.807, 2.05) is 72.8 Å². The van der Waals surface area contributed by atoms with Crippen molar-refractivity contribution in [3.05, 3.63) is 132 Å². The number of hydrogen-bond acceptors (Lipinski definition) is 4. The summed E-state index contributed by atoms with van der Waals surface area (Å²) < 4.78 is 63.4. The highest BCUT2D eigenvalue weighted by Gasteiger charge is 2.55. The zero-order valence-corrected chi connectivity index (χ0v) is 25.6. The van der Waals surface area contributed by atoms with Gasteiger partial charge in [-0.3, -0.25) is 13.6 Å². The van der Waals surface area contributed by atoms with Gasteiger partial charge in [0.15, 0.2) is 0 Å². The monoisotopic (exact) mass is 594 g/mol. The maximum Gasteiger partial charge on any atom is 0.400 e. The molecule has 4 aromatic rings. The van der Waals surface area contributed by atoms with Crippen LogP contribution >= 0.6 is 7.60 Å². The van der Waals surface area contributed by atoms with Gasteiger partial charge in [0.05, 0.1) is 13.2 Å². The lowest BCUT2D eigenvalue weighted by molar-refractivity contribution is 0.0145. The Morgan fingerprint density at radius 1 is 0.634 bits per heavy atom. The number of halogens is 2. The summed E-state index contributed by atoms with van der Waals surface area (Å²) in [6.45, 7) is 5.38. The quantitative estimate of drug-likeness (QED) is 0.116. The van der Waals surface area contributed by atoms with Crippen LogP contribution in [0.25, 0.3) is 0 Å². The fourth-order valence-corrected chi connectivity index (χ4v) is 10.9. The van der Waals surface area contributed by atoms with Crippen molar-refractivity contribution in [1.29, 1.82) is 0 Å². The maximum atomic E-state index is 16.0. The van der Waals surface area contributed by atoms with E-state index in [-0.39, 0.29) is 24.9 Å². The van der Waals surface area contributed by atoms with Gasteiger partial charge in [0.1, 0.15) is 0 Å². The molecule has 0 saturated carbocycles. The molecule has 0 radical (unpaired) electrons. The second-order valence-corrected chi connectivity index (χ2v) is 17.4. The zero-order chi connectivity index (χ0) is 29.4. The van der Waals surface area contributed by atoms with E-state index in [1.165, 1.54) is 0 Å². The Balaban J connectivity index is 1.61. The molecule has 8 heteroatoms. The molecule has 41 heavy (non-hydrogen) atoms. The first-order chi connectivity index (χ1) is 19.6. The van der Waals surface area contributed by atoms with E-state index in [1.54, 1.807) is 48.5 Å². The third-order valence-electron chi connectivity index (χ3n) is 7.03. The molecule has 4 nitrogen and oxygen atoms in total. The van der Waals surface area contributed by atoms with Gasteiger partial charge < -0.3 is 4.43 Å². The molecular formula is C33H37F2O4PSi. The van der Waals surface area contributed by atoms with E-state index in [0.29, 0.717) is 11.1 Å². The summed E-state index contributed by atoms with van der Waals surface area (Å²) in [5.74, 6) is 0. The van der Waals surface area contributed by atoms with Crippen molar-refractivity contribution in [3.63, 3.8) is 0 Å². The van der Waals surface area contributed by atoms with Gasteiger partial charge in [0, 0.05) is 13.0 Å². The van der Waals surface area contributed by atoms with Crippen molar-refractivity contribution in [2.75, 3.05) is 6.61 Å². The third kappa shape index (κ3) is 7.29. The minimum absolute atomic E-state index is 0.266. The molecule has 0 fully saturated rings. The summed E-state index contributed by atoms with van der Waals surface area (Å²) in [5, 5.41) is 1.57. The molecule has 0 saturated heterocycles. The van der Waals surface area contributed by atoms with Crippen LogP contribution in [0, 0.1) is 0 Å². The second-order valence-electron chi connectivity index (χ2n) is 10.9. The van der Waals surface area contributed by atoms with E-state index in [4.69, 9.17) is 13.5 Å². The highest BCUT2D eigenvalue weighted by atomic mass is 31.2. The Morgan fingerprint density at radius 2 is 1.00 bits per heavy atom. The first-order valence-electron chi connectivity index (χ1n) is 13.7. The first kappa shape index (κ1) is 31.0. The average molecular weight is 595 g/mol. The number of benzene rings is 4. The molecule has 0 aliphatic rings. The molecule has 0 spiro atoms. The Hall–Kier alpha value is -2.93. The van der Waals surface area contributed by atoms with Crippen LogP contribution in [0.1, 0.15) is 38.3 Å². The molecule has 0 bridgehead atoms. The lowest BCUT2D eigenvalue weighted by Gasteiger charge is -2.43. The average Bonchev–Trinajstić information content (AvgIpc) is 2.98. The van der Waals surface area contributed by atoms with E-state index in [2.05, 4.69) is 20.8 Å².